The summed E-state index contributed by atoms with van der Waals surface area (Å²) >= 11 is 1.44. The third-order valence-corrected chi connectivity index (χ3v) is 4.02. The lowest BCUT2D eigenvalue weighted by Crippen LogP contribution is -2.21. The monoisotopic (exact) mass is 289 g/mol. The summed E-state index contributed by atoms with van der Waals surface area (Å²) in [5.41, 5.74) is 0.516. The van der Waals surface area contributed by atoms with Crippen molar-refractivity contribution in [2.45, 2.75) is 20.0 Å². The molecule has 1 unspecified atom stereocenters. The van der Waals surface area contributed by atoms with Crippen LogP contribution in [0.25, 0.3) is 0 Å². The normalized spacial score (nSPS) is 17.2. The maximum atomic E-state index is 11.9. The number of aromatic nitrogens is 1. The Morgan fingerprint density at radius 1 is 1.35 bits per heavy atom. The van der Waals surface area contributed by atoms with Gasteiger partial charge in [-0.25, -0.2) is 4.98 Å². The van der Waals surface area contributed by atoms with E-state index in [4.69, 9.17) is 9.47 Å². The fourth-order valence-corrected chi connectivity index (χ4v) is 2.81. The molecule has 0 amide bonds. The minimum atomic E-state index is -0.247. The second kappa shape index (κ2) is 5.25. The SMILES string of the molecule is CC(C)C(=O)c1csc(C2COc3ccccc3O2)n1. The highest BCUT2D eigenvalue weighted by molar-refractivity contribution is 7.09. The van der Waals surface area contributed by atoms with Crippen LogP contribution in [-0.2, 0) is 0 Å². The Bertz CT molecular complexity index is 636. The van der Waals surface area contributed by atoms with Gasteiger partial charge in [0.1, 0.15) is 17.3 Å². The quantitative estimate of drug-likeness (QED) is 0.811. The van der Waals surface area contributed by atoms with Crippen LogP contribution in [0.4, 0.5) is 0 Å². The minimum absolute atomic E-state index is 0.0470. The molecule has 0 radical (unpaired) electrons. The Kier molecular flexibility index (Phi) is 3.44. The molecule has 3 rings (SSSR count). The number of fused-ring (bicyclic) bond motifs is 1. The van der Waals surface area contributed by atoms with Crippen LogP contribution in [0.1, 0.15) is 35.4 Å². The standard InChI is InChI=1S/C15H15NO3S/c1-9(2)14(17)10-8-20-15(16-10)13-7-18-11-5-3-4-6-12(11)19-13/h3-6,8-9,13H,7H2,1-2H3. The van der Waals surface area contributed by atoms with Gasteiger partial charge in [0.25, 0.3) is 0 Å². The number of para-hydroxylation sites is 2. The second-order valence-electron chi connectivity index (χ2n) is 4.95. The molecule has 0 saturated heterocycles. The van der Waals surface area contributed by atoms with Crippen molar-refractivity contribution in [1.29, 1.82) is 0 Å². The van der Waals surface area contributed by atoms with E-state index >= 15 is 0 Å². The maximum absolute atomic E-state index is 11.9. The van der Waals surface area contributed by atoms with E-state index in [1.54, 1.807) is 5.38 Å². The molecule has 1 aromatic heterocycles. The van der Waals surface area contributed by atoms with Gasteiger partial charge in [0.15, 0.2) is 23.4 Å². The van der Waals surface area contributed by atoms with Crippen molar-refractivity contribution in [3.63, 3.8) is 0 Å². The molecule has 1 aliphatic rings. The first-order valence-corrected chi connectivity index (χ1v) is 7.41. The lowest BCUT2D eigenvalue weighted by Gasteiger charge is -2.24. The highest BCUT2D eigenvalue weighted by Gasteiger charge is 2.26. The summed E-state index contributed by atoms with van der Waals surface area (Å²) < 4.78 is 11.5. The van der Waals surface area contributed by atoms with Crippen LogP contribution in [0.15, 0.2) is 29.6 Å². The molecule has 0 aliphatic carbocycles. The lowest BCUT2D eigenvalue weighted by atomic mass is 10.1. The van der Waals surface area contributed by atoms with Gasteiger partial charge in [-0.2, -0.15) is 0 Å². The number of rotatable bonds is 3. The summed E-state index contributed by atoms with van der Waals surface area (Å²) in [7, 11) is 0. The maximum Gasteiger partial charge on any atom is 0.184 e. The van der Waals surface area contributed by atoms with E-state index in [1.165, 1.54) is 11.3 Å². The molecule has 2 aromatic rings. The third-order valence-electron chi connectivity index (χ3n) is 3.08. The predicted octanol–water partition coefficient (Wildman–Crippen LogP) is 3.49. The molecule has 4 nitrogen and oxygen atoms in total. The summed E-state index contributed by atoms with van der Waals surface area (Å²) in [6.45, 7) is 4.16. The van der Waals surface area contributed by atoms with Crippen molar-refractivity contribution < 1.29 is 14.3 Å². The molecule has 20 heavy (non-hydrogen) atoms. The van der Waals surface area contributed by atoms with Gasteiger partial charge in [0.05, 0.1) is 0 Å². The number of carbonyl (C=O) groups is 1. The zero-order valence-electron chi connectivity index (χ0n) is 11.3. The summed E-state index contributed by atoms with van der Waals surface area (Å²) in [4.78, 5) is 16.3. The summed E-state index contributed by atoms with van der Waals surface area (Å²) in [5, 5.41) is 2.57. The van der Waals surface area contributed by atoms with E-state index in [-0.39, 0.29) is 17.8 Å². The molecular formula is C15H15NO3S. The van der Waals surface area contributed by atoms with E-state index in [1.807, 2.05) is 38.1 Å². The van der Waals surface area contributed by atoms with Crippen molar-refractivity contribution in [2.24, 2.45) is 5.92 Å². The fourth-order valence-electron chi connectivity index (χ4n) is 1.99. The van der Waals surface area contributed by atoms with Gasteiger partial charge in [-0.15, -0.1) is 11.3 Å². The Hall–Kier alpha value is -1.88. The summed E-state index contributed by atoms with van der Waals surface area (Å²) in [6.07, 6.45) is -0.247. The van der Waals surface area contributed by atoms with Gasteiger partial charge in [0, 0.05) is 11.3 Å². The Labute approximate surface area is 121 Å². The molecule has 0 spiro atoms. The molecular weight excluding hydrogens is 274 g/mol. The van der Waals surface area contributed by atoms with E-state index in [9.17, 15) is 4.79 Å². The topological polar surface area (TPSA) is 48.4 Å². The fraction of sp³-hybridized carbons (Fsp3) is 0.333. The molecule has 0 fully saturated rings. The molecule has 1 aliphatic heterocycles. The second-order valence-corrected chi connectivity index (χ2v) is 5.84. The van der Waals surface area contributed by atoms with Crippen molar-refractivity contribution in [1.82, 2.24) is 4.98 Å². The number of ether oxygens (including phenoxy) is 2. The average Bonchev–Trinajstić information content (AvgIpc) is 2.95. The lowest BCUT2D eigenvalue weighted by molar-refractivity contribution is 0.0895. The van der Waals surface area contributed by atoms with E-state index < -0.39 is 0 Å². The number of nitrogens with zero attached hydrogens (tertiary/aromatic N) is 1. The number of hydrogen-bond donors (Lipinski definition) is 0. The first kappa shape index (κ1) is 13.1. The van der Waals surface area contributed by atoms with Crippen LogP contribution in [-0.4, -0.2) is 17.4 Å². The number of Topliss-reactive ketones (excluding diaryl/α,β-unsaturated/α-hetero) is 1. The third kappa shape index (κ3) is 2.41. The van der Waals surface area contributed by atoms with Crippen molar-refractivity contribution in [3.05, 3.63) is 40.3 Å². The van der Waals surface area contributed by atoms with E-state index in [0.717, 1.165) is 16.5 Å². The van der Waals surface area contributed by atoms with Gasteiger partial charge < -0.3 is 9.47 Å². The summed E-state index contributed by atoms with van der Waals surface area (Å²) in [5.74, 6) is 1.48. The van der Waals surface area contributed by atoms with Crippen molar-refractivity contribution >= 4 is 17.1 Å². The van der Waals surface area contributed by atoms with Gasteiger partial charge >= 0.3 is 0 Å². The largest absolute Gasteiger partial charge is 0.485 e. The zero-order valence-corrected chi connectivity index (χ0v) is 12.1. The average molecular weight is 289 g/mol. The Morgan fingerprint density at radius 3 is 2.85 bits per heavy atom. The molecule has 0 N–H and O–H groups in total. The van der Waals surface area contributed by atoms with E-state index in [0.29, 0.717) is 12.3 Å². The van der Waals surface area contributed by atoms with Crippen LogP contribution < -0.4 is 9.47 Å². The first-order valence-electron chi connectivity index (χ1n) is 6.53. The molecule has 5 heteroatoms. The van der Waals surface area contributed by atoms with Gasteiger partial charge in [0.2, 0.25) is 0 Å². The Balaban J connectivity index is 1.80. The number of thiazole rings is 1. The highest BCUT2D eigenvalue weighted by atomic mass is 32.1. The molecule has 0 bridgehead atoms. The van der Waals surface area contributed by atoms with Crippen LogP contribution in [0.2, 0.25) is 0 Å². The van der Waals surface area contributed by atoms with Crippen molar-refractivity contribution in [2.75, 3.05) is 6.61 Å². The highest BCUT2D eigenvalue weighted by Crippen LogP contribution is 2.36. The molecule has 104 valence electrons. The zero-order chi connectivity index (χ0) is 14.1. The number of hydrogen-bond acceptors (Lipinski definition) is 5. The molecule has 1 atom stereocenters. The van der Waals surface area contributed by atoms with E-state index in [2.05, 4.69) is 4.98 Å². The van der Waals surface area contributed by atoms with Crippen LogP contribution in [0.3, 0.4) is 0 Å². The molecule has 2 heterocycles. The van der Waals surface area contributed by atoms with Crippen molar-refractivity contribution in [3.8, 4) is 11.5 Å². The Morgan fingerprint density at radius 2 is 2.10 bits per heavy atom. The van der Waals surface area contributed by atoms with Gasteiger partial charge in [-0.1, -0.05) is 26.0 Å². The first-order chi connectivity index (χ1) is 9.65. The van der Waals surface area contributed by atoms with Gasteiger partial charge in [-0.05, 0) is 12.1 Å². The number of carbonyl (C=O) groups excluding carboxylic acids is 1. The number of ketones is 1. The van der Waals surface area contributed by atoms with Crippen LogP contribution in [0.5, 0.6) is 11.5 Å². The molecule has 0 saturated carbocycles. The number of benzene rings is 1. The smallest absolute Gasteiger partial charge is 0.184 e. The molecule has 1 aromatic carbocycles. The van der Waals surface area contributed by atoms with Crippen LogP contribution >= 0.6 is 11.3 Å². The summed E-state index contributed by atoms with van der Waals surface area (Å²) in [6, 6.07) is 7.56. The minimum Gasteiger partial charge on any atom is -0.485 e. The van der Waals surface area contributed by atoms with Crippen LogP contribution in [0, 0.1) is 5.92 Å². The predicted molar refractivity (Wildman–Crippen MR) is 76.6 cm³/mol. The van der Waals surface area contributed by atoms with Gasteiger partial charge in [-0.3, -0.25) is 4.79 Å².